The zero-order valence-corrected chi connectivity index (χ0v) is 53.2. The molecule has 0 bridgehead atoms. The van der Waals surface area contributed by atoms with Gasteiger partial charge in [0.15, 0.2) is 5.96 Å². The Kier molecular flexibility index (Phi) is 28.5. The first-order chi connectivity index (χ1) is 44.5. The van der Waals surface area contributed by atoms with Crippen molar-refractivity contribution in [1.29, 1.82) is 5.41 Å². The molecule has 6 rings (SSSR count). The van der Waals surface area contributed by atoms with E-state index in [1.165, 1.54) is 17.4 Å². The van der Waals surface area contributed by atoms with Crippen molar-refractivity contribution in [2.24, 2.45) is 17.4 Å². The van der Waals surface area contributed by atoms with Crippen molar-refractivity contribution >= 4 is 81.8 Å². The molecular formula is C63H92N18O12. The topological polar surface area (TPSA) is 464 Å². The van der Waals surface area contributed by atoms with Gasteiger partial charge in [-0.2, -0.15) is 0 Å². The molecule has 0 saturated carbocycles. The third-order valence-corrected chi connectivity index (χ3v) is 16.0. The number of primary amides is 1. The first kappa shape index (κ1) is 72.6. The Labute approximate surface area is 539 Å². The Morgan fingerprint density at radius 2 is 1.27 bits per heavy atom. The third kappa shape index (κ3) is 23.3. The molecule has 0 spiro atoms. The van der Waals surface area contributed by atoms with E-state index in [9.17, 15) is 57.8 Å². The van der Waals surface area contributed by atoms with E-state index in [0.717, 1.165) is 17.3 Å². The molecule has 30 nitrogen and oxygen atoms in total. The van der Waals surface area contributed by atoms with Crippen LogP contribution in [0.3, 0.4) is 0 Å². The quantitative estimate of drug-likeness (QED) is 0.0132. The summed E-state index contributed by atoms with van der Waals surface area (Å²) in [5.74, 6) is -8.49. The zero-order chi connectivity index (χ0) is 67.6. The molecule has 506 valence electrons. The summed E-state index contributed by atoms with van der Waals surface area (Å²) in [5.41, 5.74) is 13.1. The van der Waals surface area contributed by atoms with Gasteiger partial charge >= 0.3 is 0 Å². The van der Waals surface area contributed by atoms with Crippen LogP contribution in [0.15, 0.2) is 73.3 Å². The number of aliphatic hydroxyl groups excluding tert-OH is 1. The number of nitrogens with two attached hydrogens (primary N) is 2. The molecule has 2 aromatic carbocycles. The van der Waals surface area contributed by atoms with Gasteiger partial charge in [0.05, 0.1) is 19.5 Å². The van der Waals surface area contributed by atoms with Crippen LogP contribution in [0.5, 0.6) is 0 Å². The van der Waals surface area contributed by atoms with Crippen molar-refractivity contribution in [3.8, 4) is 0 Å². The average Bonchev–Trinajstić information content (AvgIpc) is 1.84. The summed E-state index contributed by atoms with van der Waals surface area (Å²) in [4.78, 5) is 164. The minimum absolute atomic E-state index is 0.0276. The lowest BCUT2D eigenvalue weighted by atomic mass is 10.00. The van der Waals surface area contributed by atoms with E-state index in [1.54, 1.807) is 42.6 Å². The number of fused-ring (bicyclic) bond motifs is 1. The third-order valence-electron chi connectivity index (χ3n) is 16.0. The van der Waals surface area contributed by atoms with Crippen LogP contribution in [0, 0.1) is 11.3 Å². The number of unbranched alkanes of at least 4 members (excludes halogenated alkanes) is 2. The van der Waals surface area contributed by atoms with Gasteiger partial charge in [-0.1, -0.05) is 89.1 Å². The second-order valence-corrected chi connectivity index (χ2v) is 24.2. The van der Waals surface area contributed by atoms with Gasteiger partial charge < -0.3 is 89.9 Å². The van der Waals surface area contributed by atoms with Crippen LogP contribution in [0.2, 0.25) is 0 Å². The minimum atomic E-state index is -1.73. The van der Waals surface area contributed by atoms with E-state index in [2.05, 4.69) is 73.4 Å². The first-order valence-corrected chi connectivity index (χ1v) is 31.8. The molecule has 0 radical (unpaired) electrons. The molecule has 2 aromatic heterocycles. The number of nitrogens with one attached hydrogen (secondary N) is 14. The molecule has 0 aliphatic carbocycles. The van der Waals surface area contributed by atoms with Crippen molar-refractivity contribution in [3.05, 3.63) is 90.1 Å². The smallest absolute Gasteiger partial charge is 0.245 e. The van der Waals surface area contributed by atoms with Gasteiger partial charge in [0, 0.05) is 73.8 Å². The van der Waals surface area contributed by atoms with E-state index >= 15 is 0 Å². The Morgan fingerprint density at radius 3 is 1.91 bits per heavy atom. The Hall–Kier alpha value is -9.45. The lowest BCUT2D eigenvalue weighted by molar-refractivity contribution is -0.142. The Morgan fingerprint density at radius 1 is 0.656 bits per heavy atom. The number of amides is 11. The lowest BCUT2D eigenvalue weighted by Gasteiger charge is -2.31. The van der Waals surface area contributed by atoms with E-state index in [4.69, 9.17) is 16.9 Å². The summed E-state index contributed by atoms with van der Waals surface area (Å²) >= 11 is 0. The first-order valence-electron chi connectivity index (χ1n) is 31.8. The second-order valence-electron chi connectivity index (χ2n) is 24.2. The zero-order valence-electron chi connectivity index (χ0n) is 53.2. The number of aromatic nitrogens is 3. The number of H-pyrrole nitrogens is 2. The highest BCUT2D eigenvalue weighted by Gasteiger charge is 2.40. The molecule has 4 aromatic rings. The number of aliphatic hydroxyl groups is 1. The fourth-order valence-electron chi connectivity index (χ4n) is 11.1. The maximum absolute atomic E-state index is 14.9. The summed E-state index contributed by atoms with van der Waals surface area (Å²) in [7, 11) is 0. The number of hydrogen-bond acceptors (Lipinski definition) is 15. The van der Waals surface area contributed by atoms with Crippen molar-refractivity contribution in [1.82, 2.24) is 78.3 Å². The monoisotopic (exact) mass is 1290 g/mol. The SMILES string of the molecule is CC(C)C[C@H](NC(=O)[C@@H](CCCCCNC(C)C)NC(=O)[C@H](Cc1ccccc1)NC(=O)C(CO)NC(=O)[C@H](Cc1c[nH]c2ccccc12)NC(=O)[C@H](Cc1cnc[nH]1)NC(=O)[C@@H]1CCC(=O)N1)C(=O)N[C@@H](CCCNC(=N)N)C(=O)N1CCC[C@H]1C(=O)NCC(N)=O. The summed E-state index contributed by atoms with van der Waals surface area (Å²) < 4.78 is 0. The molecule has 2 saturated heterocycles. The molecule has 2 fully saturated rings. The molecule has 4 heterocycles. The average molecular weight is 1290 g/mol. The molecule has 19 N–H and O–H groups in total. The fourth-order valence-corrected chi connectivity index (χ4v) is 11.1. The summed E-state index contributed by atoms with van der Waals surface area (Å²) in [5, 5.41) is 49.4. The van der Waals surface area contributed by atoms with Gasteiger partial charge in [0.2, 0.25) is 65.0 Å². The number of para-hydroxylation sites is 1. The van der Waals surface area contributed by atoms with E-state index in [0.29, 0.717) is 42.6 Å². The standard InChI is InChI=1S/C63H92N18O12/c1-36(2)27-46(56(87)75-45(20-13-25-69-63(65)66)62(93)81-26-14-21-51(81)61(92)71-33-52(64)83)76-54(85)43(19-9-6-12-24-68-37(3)4)74-57(88)47(28-38-15-7-5-8-16-38)77-60(91)50(34-82)80-58(89)48(29-39-31-70-42-18-11-10-17-41(39)42)78-59(90)49(30-40-32-67-35-72-40)79-55(86)44-22-23-53(84)73-44/h5,7-8,10-11,15-18,31-32,35-37,43-51,68,70,82H,6,9,12-14,19-30,33-34H2,1-4H3,(H2,64,83)(H,67,72)(H,71,92)(H,73,84)(H,74,88)(H,75,87)(H,76,85)(H,77,91)(H,78,90)(H,79,86)(H,80,89)(H4,65,66,69)/t43-,44+,45+,46+,47+,48+,49+,50?,51+/m1/s1. The lowest BCUT2D eigenvalue weighted by Crippen LogP contribution is -2.61. The second kappa shape index (κ2) is 36.6. The fraction of sp³-hybridized carbons (Fsp3) is 0.540. The summed E-state index contributed by atoms with van der Waals surface area (Å²) in [6, 6.07) is 4.46. The van der Waals surface area contributed by atoms with Crippen LogP contribution in [0.4, 0.5) is 0 Å². The maximum Gasteiger partial charge on any atom is 0.245 e. The molecule has 93 heavy (non-hydrogen) atoms. The van der Waals surface area contributed by atoms with Crippen LogP contribution in [-0.2, 0) is 72.0 Å². The Balaban J connectivity index is 1.24. The van der Waals surface area contributed by atoms with Crippen LogP contribution in [0.1, 0.15) is 115 Å². The number of imidazole rings is 1. The number of aromatic amines is 2. The van der Waals surface area contributed by atoms with Crippen LogP contribution in [-0.4, -0.2) is 189 Å². The summed E-state index contributed by atoms with van der Waals surface area (Å²) in [6.45, 7) is 7.25. The summed E-state index contributed by atoms with van der Waals surface area (Å²) in [6.07, 6.45) is 7.34. The number of guanidine groups is 1. The van der Waals surface area contributed by atoms with Crippen LogP contribution < -0.4 is 70.0 Å². The molecule has 2 aliphatic rings. The molecule has 2 aliphatic heterocycles. The molecule has 11 amide bonds. The van der Waals surface area contributed by atoms with E-state index in [-0.39, 0.29) is 101 Å². The molecule has 30 heteroatoms. The van der Waals surface area contributed by atoms with E-state index in [1.807, 2.05) is 45.9 Å². The number of carbonyl (C=O) groups excluding carboxylic acids is 11. The van der Waals surface area contributed by atoms with E-state index < -0.39 is 127 Å². The predicted molar refractivity (Wildman–Crippen MR) is 343 cm³/mol. The van der Waals surface area contributed by atoms with Gasteiger partial charge in [-0.05, 0) is 81.0 Å². The number of benzene rings is 2. The largest absolute Gasteiger partial charge is 0.394 e. The maximum atomic E-state index is 14.9. The van der Waals surface area contributed by atoms with Gasteiger partial charge in [0.25, 0.3) is 0 Å². The van der Waals surface area contributed by atoms with Crippen molar-refractivity contribution in [2.75, 3.05) is 32.8 Å². The highest BCUT2D eigenvalue weighted by Crippen LogP contribution is 2.22. The van der Waals surface area contributed by atoms with Gasteiger partial charge in [-0.25, -0.2) is 4.98 Å². The van der Waals surface area contributed by atoms with Crippen LogP contribution >= 0.6 is 0 Å². The molecule has 1 unspecified atom stereocenters. The number of carbonyl (C=O) groups is 11. The van der Waals surface area contributed by atoms with Crippen molar-refractivity contribution < 1.29 is 57.8 Å². The van der Waals surface area contributed by atoms with Gasteiger partial charge in [0.1, 0.15) is 54.4 Å². The highest BCUT2D eigenvalue weighted by molar-refractivity contribution is 6.00. The van der Waals surface area contributed by atoms with Crippen molar-refractivity contribution in [3.63, 3.8) is 0 Å². The normalized spacial score (nSPS) is 16.8. The highest BCUT2D eigenvalue weighted by atomic mass is 16.3. The van der Waals surface area contributed by atoms with Crippen LogP contribution in [0.25, 0.3) is 10.9 Å². The molecular weight excluding hydrogens is 1200 g/mol. The number of likely N-dealkylation sites (tertiary alicyclic amines) is 1. The number of nitrogens with zero attached hydrogens (tertiary/aromatic N) is 2. The molecule has 9 atom stereocenters. The van der Waals surface area contributed by atoms with Gasteiger partial charge in [-0.3, -0.25) is 58.1 Å². The predicted octanol–water partition coefficient (Wildman–Crippen LogP) is -1.96. The minimum Gasteiger partial charge on any atom is -0.394 e. The van der Waals surface area contributed by atoms with Crippen molar-refractivity contribution in [2.45, 2.75) is 178 Å². The Bertz CT molecular complexity index is 3200. The number of rotatable bonds is 38. The number of hydrogen-bond donors (Lipinski definition) is 17. The van der Waals surface area contributed by atoms with Gasteiger partial charge in [-0.15, -0.1) is 0 Å².